The third kappa shape index (κ3) is 5.77. The Morgan fingerprint density at radius 2 is 1.56 bits per heavy atom. The number of halogens is 7. The van der Waals surface area contributed by atoms with E-state index in [0.717, 1.165) is 0 Å². The number of fused-ring (bicyclic) bond motifs is 1. The van der Waals surface area contributed by atoms with Gasteiger partial charge in [0.05, 0.1) is 24.3 Å². The second-order valence-electron chi connectivity index (χ2n) is 8.27. The fraction of sp³-hybridized carbons (Fsp3) is 0.280. The zero-order chi connectivity index (χ0) is 26.1. The summed E-state index contributed by atoms with van der Waals surface area (Å²) >= 11 is 0. The third-order valence-electron chi connectivity index (χ3n) is 5.67. The summed E-state index contributed by atoms with van der Waals surface area (Å²) in [5.74, 6) is -0.756. The van der Waals surface area contributed by atoms with Gasteiger partial charge in [0.15, 0.2) is 0 Å². The molecule has 0 atom stereocenters. The van der Waals surface area contributed by atoms with Gasteiger partial charge >= 0.3 is 12.4 Å². The molecule has 0 spiro atoms. The SMILES string of the molecule is O=C1CCCOc2nccc(-c3ccc(F)cc3)c2CN1Cc1cc(C(F)(F)F)cc(C(F)(F)F)c1. The maximum atomic E-state index is 13.5. The summed E-state index contributed by atoms with van der Waals surface area (Å²) in [5, 5.41) is 0. The molecule has 2 heterocycles. The van der Waals surface area contributed by atoms with Gasteiger partial charge in [-0.05, 0) is 59.5 Å². The van der Waals surface area contributed by atoms with Gasteiger partial charge in [-0.15, -0.1) is 0 Å². The number of hydrogen-bond acceptors (Lipinski definition) is 3. The Hall–Kier alpha value is -3.63. The predicted octanol–water partition coefficient (Wildman–Crippen LogP) is 6.63. The van der Waals surface area contributed by atoms with Gasteiger partial charge < -0.3 is 9.64 Å². The highest BCUT2D eigenvalue weighted by Crippen LogP contribution is 2.37. The Morgan fingerprint density at radius 1 is 0.917 bits per heavy atom. The first kappa shape index (κ1) is 25.5. The maximum absolute atomic E-state index is 13.5. The summed E-state index contributed by atoms with van der Waals surface area (Å²) in [6.45, 7) is -0.552. The Balaban J connectivity index is 1.77. The minimum Gasteiger partial charge on any atom is -0.477 e. The van der Waals surface area contributed by atoms with E-state index >= 15 is 0 Å². The van der Waals surface area contributed by atoms with Crippen molar-refractivity contribution in [2.75, 3.05) is 6.61 Å². The second-order valence-corrected chi connectivity index (χ2v) is 8.27. The summed E-state index contributed by atoms with van der Waals surface area (Å²) in [7, 11) is 0. The first-order valence-corrected chi connectivity index (χ1v) is 10.8. The van der Waals surface area contributed by atoms with Gasteiger partial charge in [0.1, 0.15) is 5.82 Å². The number of pyridine rings is 1. The van der Waals surface area contributed by atoms with Crippen LogP contribution in [0, 0.1) is 5.82 Å². The highest BCUT2D eigenvalue weighted by molar-refractivity contribution is 5.77. The van der Waals surface area contributed by atoms with Crippen LogP contribution in [0.3, 0.4) is 0 Å². The van der Waals surface area contributed by atoms with Crippen LogP contribution >= 0.6 is 0 Å². The first-order valence-electron chi connectivity index (χ1n) is 10.8. The predicted molar refractivity (Wildman–Crippen MR) is 115 cm³/mol. The normalized spacial score (nSPS) is 15.0. The molecular weight excluding hydrogens is 493 g/mol. The van der Waals surface area contributed by atoms with E-state index in [1.807, 2.05) is 0 Å². The van der Waals surface area contributed by atoms with Crippen molar-refractivity contribution in [2.24, 2.45) is 0 Å². The van der Waals surface area contributed by atoms with Crippen molar-refractivity contribution in [3.8, 4) is 17.0 Å². The van der Waals surface area contributed by atoms with Crippen LogP contribution in [-0.4, -0.2) is 22.4 Å². The number of hydrogen-bond donors (Lipinski definition) is 0. The van der Waals surface area contributed by atoms with Crippen LogP contribution in [0.2, 0.25) is 0 Å². The largest absolute Gasteiger partial charge is 0.477 e. The van der Waals surface area contributed by atoms with Crippen molar-refractivity contribution in [3.63, 3.8) is 0 Å². The van der Waals surface area contributed by atoms with Crippen LogP contribution < -0.4 is 4.74 Å². The van der Waals surface area contributed by atoms with E-state index in [0.29, 0.717) is 28.8 Å². The van der Waals surface area contributed by atoms with Crippen molar-refractivity contribution in [1.82, 2.24) is 9.88 Å². The molecule has 0 saturated heterocycles. The number of rotatable bonds is 3. The van der Waals surface area contributed by atoms with E-state index in [1.54, 1.807) is 6.07 Å². The van der Waals surface area contributed by atoms with Gasteiger partial charge in [0, 0.05) is 24.7 Å². The Kier molecular flexibility index (Phi) is 6.92. The molecule has 0 N–H and O–H groups in total. The van der Waals surface area contributed by atoms with Gasteiger partial charge in [-0.25, -0.2) is 9.37 Å². The average Bonchev–Trinajstić information content (AvgIpc) is 2.88. The van der Waals surface area contributed by atoms with Crippen LogP contribution in [0.1, 0.15) is 35.1 Å². The fourth-order valence-electron chi connectivity index (χ4n) is 3.95. The lowest BCUT2D eigenvalue weighted by Gasteiger charge is -2.25. The Bertz CT molecular complexity index is 1220. The molecular formula is C25H19F7N2O2. The Morgan fingerprint density at radius 3 is 2.17 bits per heavy atom. The lowest BCUT2D eigenvalue weighted by atomic mass is 10.00. The number of aromatic nitrogens is 1. The molecule has 1 aliphatic heterocycles. The van der Waals surface area contributed by atoms with E-state index in [2.05, 4.69) is 4.98 Å². The zero-order valence-corrected chi connectivity index (χ0v) is 18.6. The Labute approximate surface area is 201 Å². The van der Waals surface area contributed by atoms with E-state index in [-0.39, 0.29) is 43.5 Å². The number of carbonyl (C=O) groups excluding carboxylic acids is 1. The standard InChI is InChI=1S/C25H19F7N2O2/c26-19-5-3-16(4-6-19)20-7-8-33-23-21(20)14-34(22(35)2-1-9-36-23)13-15-10-17(24(27,28)29)12-18(11-15)25(30,31)32/h3-8,10-12H,1-2,9,13-14H2. The van der Waals surface area contributed by atoms with E-state index in [9.17, 15) is 35.5 Å². The summed E-state index contributed by atoms with van der Waals surface area (Å²) in [6, 6.07) is 8.36. The summed E-state index contributed by atoms with van der Waals surface area (Å²) in [6.07, 6.45) is -8.30. The number of carbonyl (C=O) groups is 1. The molecule has 2 aromatic carbocycles. The average molecular weight is 512 g/mol. The van der Waals surface area contributed by atoms with E-state index in [1.165, 1.54) is 35.4 Å². The lowest BCUT2D eigenvalue weighted by molar-refractivity contribution is -0.143. The molecule has 0 bridgehead atoms. The first-order chi connectivity index (χ1) is 16.9. The van der Waals surface area contributed by atoms with Gasteiger partial charge in [-0.3, -0.25) is 4.79 Å². The van der Waals surface area contributed by atoms with Gasteiger partial charge in [0.25, 0.3) is 0 Å². The fourth-order valence-corrected chi connectivity index (χ4v) is 3.95. The van der Waals surface area contributed by atoms with Crippen molar-refractivity contribution >= 4 is 5.91 Å². The maximum Gasteiger partial charge on any atom is 0.416 e. The quantitative estimate of drug-likeness (QED) is 0.370. The van der Waals surface area contributed by atoms with Crippen LogP contribution in [0.15, 0.2) is 54.7 Å². The van der Waals surface area contributed by atoms with Crippen LogP contribution in [0.25, 0.3) is 11.1 Å². The molecule has 1 amide bonds. The highest BCUT2D eigenvalue weighted by atomic mass is 19.4. The van der Waals surface area contributed by atoms with Crippen molar-refractivity contribution in [1.29, 1.82) is 0 Å². The van der Waals surface area contributed by atoms with Crippen molar-refractivity contribution in [3.05, 3.63) is 82.8 Å². The van der Waals surface area contributed by atoms with Crippen LogP contribution in [0.4, 0.5) is 30.7 Å². The monoisotopic (exact) mass is 512 g/mol. The van der Waals surface area contributed by atoms with Gasteiger partial charge in [-0.1, -0.05) is 12.1 Å². The number of benzene rings is 2. The topological polar surface area (TPSA) is 42.4 Å². The smallest absolute Gasteiger partial charge is 0.416 e. The number of nitrogens with zero attached hydrogens (tertiary/aromatic N) is 2. The van der Waals surface area contributed by atoms with Crippen LogP contribution in [-0.2, 0) is 30.2 Å². The molecule has 4 nitrogen and oxygen atoms in total. The van der Waals surface area contributed by atoms with Crippen molar-refractivity contribution < 1.29 is 40.3 Å². The molecule has 4 rings (SSSR count). The summed E-state index contributed by atoms with van der Waals surface area (Å²) in [4.78, 5) is 18.3. The highest BCUT2D eigenvalue weighted by Gasteiger charge is 2.37. The molecule has 11 heteroatoms. The lowest BCUT2D eigenvalue weighted by Crippen LogP contribution is -2.30. The minimum absolute atomic E-state index is 0.0229. The van der Waals surface area contributed by atoms with Crippen molar-refractivity contribution in [2.45, 2.75) is 38.3 Å². The molecule has 36 heavy (non-hydrogen) atoms. The molecule has 3 aromatic rings. The third-order valence-corrected chi connectivity index (χ3v) is 5.67. The van der Waals surface area contributed by atoms with Gasteiger partial charge in [0.2, 0.25) is 11.8 Å². The molecule has 0 radical (unpaired) electrons. The minimum atomic E-state index is -5.01. The van der Waals surface area contributed by atoms with E-state index in [4.69, 9.17) is 4.74 Å². The molecule has 0 unspecified atom stereocenters. The number of amides is 1. The van der Waals surface area contributed by atoms with E-state index < -0.39 is 41.7 Å². The number of ether oxygens (including phenoxy) is 1. The summed E-state index contributed by atoms with van der Waals surface area (Å²) in [5.41, 5.74) is -1.71. The van der Waals surface area contributed by atoms with Gasteiger partial charge in [-0.2, -0.15) is 26.3 Å². The molecule has 0 saturated carbocycles. The molecule has 1 aliphatic rings. The molecule has 0 fully saturated rings. The molecule has 1 aromatic heterocycles. The zero-order valence-electron chi connectivity index (χ0n) is 18.6. The number of alkyl halides is 6. The summed E-state index contributed by atoms with van der Waals surface area (Å²) < 4.78 is 99.1. The molecule has 0 aliphatic carbocycles. The second kappa shape index (κ2) is 9.79. The van der Waals surface area contributed by atoms with Crippen LogP contribution in [0.5, 0.6) is 5.88 Å². The molecule has 190 valence electrons.